The lowest BCUT2D eigenvalue weighted by Crippen LogP contribution is -2.46. The Bertz CT molecular complexity index is 205. The van der Waals surface area contributed by atoms with Gasteiger partial charge in [-0.2, -0.15) is 0 Å². The monoisotopic (exact) mass is 214 g/mol. The van der Waals surface area contributed by atoms with Gasteiger partial charge in [0, 0.05) is 26.7 Å². The van der Waals surface area contributed by atoms with E-state index in [4.69, 9.17) is 4.74 Å². The van der Waals surface area contributed by atoms with Crippen LogP contribution in [0.4, 0.5) is 4.79 Å². The molecule has 0 spiro atoms. The van der Waals surface area contributed by atoms with Gasteiger partial charge in [0.25, 0.3) is 0 Å². The van der Waals surface area contributed by atoms with E-state index in [1.165, 1.54) is 0 Å². The Morgan fingerprint density at radius 1 is 1.47 bits per heavy atom. The van der Waals surface area contributed by atoms with Gasteiger partial charge >= 0.3 is 6.03 Å². The zero-order chi connectivity index (χ0) is 11.3. The summed E-state index contributed by atoms with van der Waals surface area (Å²) in [6, 6.07) is 0.447. The molecule has 0 N–H and O–H groups in total. The summed E-state index contributed by atoms with van der Waals surface area (Å²) in [4.78, 5) is 15.9. The quantitative estimate of drug-likeness (QED) is 0.711. The van der Waals surface area contributed by atoms with Crippen LogP contribution in [0.15, 0.2) is 0 Å². The van der Waals surface area contributed by atoms with Crippen LogP contribution in [-0.2, 0) is 4.74 Å². The fourth-order valence-corrected chi connectivity index (χ4v) is 2.13. The van der Waals surface area contributed by atoms with E-state index >= 15 is 0 Å². The molecule has 2 amide bonds. The fourth-order valence-electron chi connectivity index (χ4n) is 2.13. The van der Waals surface area contributed by atoms with Crippen LogP contribution in [0.5, 0.6) is 0 Å². The van der Waals surface area contributed by atoms with Crippen molar-refractivity contribution in [3.8, 4) is 0 Å². The number of ether oxygens (including phenoxy) is 1. The molecule has 1 aliphatic heterocycles. The molecule has 4 nitrogen and oxygen atoms in total. The third-order valence-electron chi connectivity index (χ3n) is 3.02. The zero-order valence-corrected chi connectivity index (χ0v) is 10.0. The van der Waals surface area contributed by atoms with Crippen LogP contribution in [0.3, 0.4) is 0 Å². The van der Waals surface area contributed by atoms with Gasteiger partial charge in [-0.1, -0.05) is 0 Å². The molecule has 4 heteroatoms. The predicted molar refractivity (Wildman–Crippen MR) is 59.9 cm³/mol. The molecule has 1 saturated heterocycles. The van der Waals surface area contributed by atoms with E-state index in [2.05, 4.69) is 0 Å². The standard InChI is InChI=1S/C11H22N2O2/c1-4-12(5-2)11(14)13-8-6-7-10(13)9-15-3/h10H,4-9H2,1-3H3. The van der Waals surface area contributed by atoms with E-state index in [1.807, 2.05) is 23.6 Å². The van der Waals surface area contributed by atoms with Crippen molar-refractivity contribution in [1.82, 2.24) is 9.80 Å². The van der Waals surface area contributed by atoms with Crippen LogP contribution in [-0.4, -0.2) is 55.2 Å². The number of urea groups is 1. The molecule has 1 heterocycles. The molecule has 0 radical (unpaired) electrons. The number of nitrogens with zero attached hydrogens (tertiary/aromatic N) is 2. The summed E-state index contributed by atoms with van der Waals surface area (Å²) in [5.74, 6) is 0. The van der Waals surface area contributed by atoms with Gasteiger partial charge in [-0.3, -0.25) is 0 Å². The summed E-state index contributed by atoms with van der Waals surface area (Å²) >= 11 is 0. The molecule has 0 aromatic heterocycles. The topological polar surface area (TPSA) is 32.8 Å². The number of rotatable bonds is 4. The first-order chi connectivity index (χ1) is 7.24. The van der Waals surface area contributed by atoms with Gasteiger partial charge in [-0.05, 0) is 26.7 Å². The number of hydrogen-bond donors (Lipinski definition) is 0. The maximum absolute atomic E-state index is 12.1. The van der Waals surface area contributed by atoms with Gasteiger partial charge in [0.05, 0.1) is 12.6 Å². The lowest BCUT2D eigenvalue weighted by Gasteiger charge is -2.30. The second-order valence-electron chi connectivity index (χ2n) is 3.90. The Hall–Kier alpha value is -0.770. The molecule has 1 atom stereocenters. The van der Waals surface area contributed by atoms with Crippen molar-refractivity contribution in [2.45, 2.75) is 32.7 Å². The average molecular weight is 214 g/mol. The Kier molecular flexibility index (Phi) is 4.88. The van der Waals surface area contributed by atoms with Gasteiger partial charge in [-0.15, -0.1) is 0 Å². The van der Waals surface area contributed by atoms with Crippen LogP contribution in [0.2, 0.25) is 0 Å². The first-order valence-electron chi connectivity index (χ1n) is 5.79. The maximum Gasteiger partial charge on any atom is 0.320 e. The van der Waals surface area contributed by atoms with E-state index in [-0.39, 0.29) is 12.1 Å². The molecular formula is C11H22N2O2. The summed E-state index contributed by atoms with van der Waals surface area (Å²) in [5, 5.41) is 0. The van der Waals surface area contributed by atoms with Gasteiger partial charge < -0.3 is 14.5 Å². The summed E-state index contributed by atoms with van der Waals surface area (Å²) < 4.78 is 5.14. The number of carbonyl (C=O) groups excluding carboxylic acids is 1. The summed E-state index contributed by atoms with van der Waals surface area (Å²) in [5.41, 5.74) is 0. The number of hydrogen-bond acceptors (Lipinski definition) is 2. The summed E-state index contributed by atoms with van der Waals surface area (Å²) in [7, 11) is 1.69. The predicted octanol–water partition coefficient (Wildman–Crippen LogP) is 1.56. The highest BCUT2D eigenvalue weighted by atomic mass is 16.5. The molecule has 0 aromatic carbocycles. The second-order valence-corrected chi connectivity index (χ2v) is 3.90. The minimum Gasteiger partial charge on any atom is -0.383 e. The third-order valence-corrected chi connectivity index (χ3v) is 3.02. The Labute approximate surface area is 92.2 Å². The summed E-state index contributed by atoms with van der Waals surface area (Å²) in [6.07, 6.45) is 2.17. The van der Waals surface area contributed by atoms with Gasteiger partial charge in [0.15, 0.2) is 0 Å². The number of amides is 2. The minimum absolute atomic E-state index is 0.166. The fraction of sp³-hybridized carbons (Fsp3) is 0.909. The molecule has 0 aromatic rings. The minimum atomic E-state index is 0.166. The normalized spacial score (nSPS) is 20.7. The van der Waals surface area contributed by atoms with E-state index < -0.39 is 0 Å². The van der Waals surface area contributed by atoms with E-state index in [9.17, 15) is 4.79 Å². The number of methoxy groups -OCH3 is 1. The molecule has 0 bridgehead atoms. The van der Waals surface area contributed by atoms with Gasteiger partial charge in [-0.25, -0.2) is 4.79 Å². The van der Waals surface area contributed by atoms with Crippen LogP contribution in [0.1, 0.15) is 26.7 Å². The molecule has 0 aliphatic carbocycles. The largest absolute Gasteiger partial charge is 0.383 e. The average Bonchev–Trinajstić information content (AvgIpc) is 2.68. The first kappa shape index (κ1) is 12.3. The molecule has 0 saturated carbocycles. The van der Waals surface area contributed by atoms with Crippen molar-refractivity contribution >= 4 is 6.03 Å². The smallest absolute Gasteiger partial charge is 0.320 e. The van der Waals surface area contributed by atoms with Crippen molar-refractivity contribution in [1.29, 1.82) is 0 Å². The van der Waals surface area contributed by atoms with E-state index in [0.717, 1.165) is 32.5 Å². The van der Waals surface area contributed by atoms with Crippen LogP contribution >= 0.6 is 0 Å². The van der Waals surface area contributed by atoms with Gasteiger partial charge in [0.2, 0.25) is 0 Å². The van der Waals surface area contributed by atoms with Crippen molar-refractivity contribution in [3.63, 3.8) is 0 Å². The molecular weight excluding hydrogens is 192 g/mol. The number of carbonyl (C=O) groups is 1. The summed E-state index contributed by atoms with van der Waals surface area (Å²) in [6.45, 7) is 7.14. The van der Waals surface area contributed by atoms with Gasteiger partial charge in [0.1, 0.15) is 0 Å². The first-order valence-corrected chi connectivity index (χ1v) is 5.79. The third kappa shape index (κ3) is 2.84. The molecule has 15 heavy (non-hydrogen) atoms. The number of likely N-dealkylation sites (tertiary alicyclic amines) is 1. The van der Waals surface area contributed by atoms with E-state index in [0.29, 0.717) is 6.61 Å². The molecule has 1 fully saturated rings. The molecule has 1 rings (SSSR count). The van der Waals surface area contributed by atoms with Crippen molar-refractivity contribution in [3.05, 3.63) is 0 Å². The van der Waals surface area contributed by atoms with E-state index in [1.54, 1.807) is 7.11 Å². The van der Waals surface area contributed by atoms with Crippen LogP contribution in [0, 0.1) is 0 Å². The van der Waals surface area contributed by atoms with Crippen LogP contribution in [0.25, 0.3) is 0 Å². The SMILES string of the molecule is CCN(CC)C(=O)N1CCCC1COC. The highest BCUT2D eigenvalue weighted by Crippen LogP contribution is 2.19. The second kappa shape index (κ2) is 5.95. The van der Waals surface area contributed by atoms with Crippen molar-refractivity contribution in [2.75, 3.05) is 33.4 Å². The zero-order valence-electron chi connectivity index (χ0n) is 10.0. The maximum atomic E-state index is 12.1. The lowest BCUT2D eigenvalue weighted by atomic mass is 10.2. The highest BCUT2D eigenvalue weighted by Gasteiger charge is 2.30. The Balaban J connectivity index is 2.57. The Morgan fingerprint density at radius 3 is 2.67 bits per heavy atom. The van der Waals surface area contributed by atoms with Crippen LogP contribution < -0.4 is 0 Å². The Morgan fingerprint density at radius 2 is 2.13 bits per heavy atom. The molecule has 1 aliphatic rings. The van der Waals surface area contributed by atoms with Crippen molar-refractivity contribution in [2.24, 2.45) is 0 Å². The highest BCUT2D eigenvalue weighted by molar-refractivity contribution is 5.75. The molecule has 1 unspecified atom stereocenters. The molecule has 88 valence electrons. The lowest BCUT2D eigenvalue weighted by molar-refractivity contribution is 0.107. The van der Waals surface area contributed by atoms with Crippen molar-refractivity contribution < 1.29 is 9.53 Å².